The van der Waals surface area contributed by atoms with E-state index in [0.717, 1.165) is 74.3 Å². The van der Waals surface area contributed by atoms with E-state index in [1.54, 1.807) is 6.07 Å². The zero-order chi connectivity index (χ0) is 27.9. The molecule has 2 heterocycles. The van der Waals surface area contributed by atoms with E-state index in [1.165, 1.54) is 5.56 Å². The van der Waals surface area contributed by atoms with Crippen LogP contribution in [0, 0.1) is 19.8 Å². The molecule has 0 saturated carbocycles. The number of nitrogens with zero attached hydrogens (tertiary/aromatic N) is 1. The standard InChI is InChI=1S/C33H40N4O3/c1-23-8-6-9-24(2)31(23)36-33(39)35-27-13-14-30(29(21-27)32(38)34-22-28-12-7-19-40-28)37-17-15-26(16-18-37)20-25-10-4-3-5-11-25/h3-6,8-11,13-14,21,26,28H,7,12,15-20,22H2,1-2H3,(H,34,38)(H2,35,36,39). The van der Waals surface area contributed by atoms with E-state index in [0.29, 0.717) is 23.7 Å². The molecule has 0 aliphatic carbocycles. The quantitative estimate of drug-likeness (QED) is 0.312. The van der Waals surface area contributed by atoms with Crippen molar-refractivity contribution in [3.05, 3.63) is 89.0 Å². The number of carbonyl (C=O) groups excluding carboxylic acids is 2. The number of piperidine rings is 1. The minimum absolute atomic E-state index is 0.0607. The van der Waals surface area contributed by atoms with Gasteiger partial charge in [0.2, 0.25) is 0 Å². The van der Waals surface area contributed by atoms with Gasteiger partial charge in [0.15, 0.2) is 0 Å². The highest BCUT2D eigenvalue weighted by molar-refractivity contribution is 6.04. The number of aryl methyl sites for hydroxylation is 2. The second-order valence-corrected chi connectivity index (χ2v) is 11.0. The first-order valence-corrected chi connectivity index (χ1v) is 14.4. The van der Waals surface area contributed by atoms with Crippen LogP contribution in [0.2, 0.25) is 0 Å². The fraction of sp³-hybridized carbons (Fsp3) is 0.394. The van der Waals surface area contributed by atoms with Gasteiger partial charge >= 0.3 is 6.03 Å². The molecule has 2 aliphatic rings. The second-order valence-electron chi connectivity index (χ2n) is 11.0. The van der Waals surface area contributed by atoms with Gasteiger partial charge in [0.25, 0.3) is 5.91 Å². The van der Waals surface area contributed by atoms with Crippen LogP contribution in [0.3, 0.4) is 0 Å². The Kier molecular flexibility index (Phi) is 9.01. The summed E-state index contributed by atoms with van der Waals surface area (Å²) in [5, 5.41) is 8.97. The average molecular weight is 541 g/mol. The number of carbonyl (C=O) groups is 2. The molecule has 0 bridgehead atoms. The maximum atomic E-state index is 13.5. The van der Waals surface area contributed by atoms with Gasteiger partial charge in [-0.15, -0.1) is 0 Å². The van der Waals surface area contributed by atoms with Crippen molar-refractivity contribution in [2.45, 2.75) is 52.1 Å². The van der Waals surface area contributed by atoms with Crippen molar-refractivity contribution in [3.8, 4) is 0 Å². The summed E-state index contributed by atoms with van der Waals surface area (Å²) in [6, 6.07) is 21.9. The average Bonchev–Trinajstić information content (AvgIpc) is 3.49. The van der Waals surface area contributed by atoms with E-state index in [2.05, 4.69) is 51.2 Å². The van der Waals surface area contributed by atoms with Crippen molar-refractivity contribution in [2.24, 2.45) is 5.92 Å². The topological polar surface area (TPSA) is 82.7 Å². The fourth-order valence-corrected chi connectivity index (χ4v) is 5.79. The van der Waals surface area contributed by atoms with E-state index in [4.69, 9.17) is 4.74 Å². The molecule has 2 aliphatic heterocycles. The number of ether oxygens (including phenoxy) is 1. The first kappa shape index (κ1) is 27.7. The van der Waals surface area contributed by atoms with Gasteiger partial charge in [-0.1, -0.05) is 48.5 Å². The largest absolute Gasteiger partial charge is 0.376 e. The Hall–Kier alpha value is -3.84. The molecule has 7 nitrogen and oxygen atoms in total. The Balaban J connectivity index is 1.29. The minimum atomic E-state index is -0.336. The van der Waals surface area contributed by atoms with Crippen molar-refractivity contribution >= 4 is 29.0 Å². The summed E-state index contributed by atoms with van der Waals surface area (Å²) in [5.74, 6) is 0.487. The normalized spacial score (nSPS) is 17.4. The third-order valence-electron chi connectivity index (χ3n) is 8.06. The predicted molar refractivity (Wildman–Crippen MR) is 161 cm³/mol. The lowest BCUT2D eigenvalue weighted by molar-refractivity contribution is 0.0858. The highest BCUT2D eigenvalue weighted by Crippen LogP contribution is 2.30. The maximum absolute atomic E-state index is 13.5. The van der Waals surface area contributed by atoms with Crippen LogP contribution >= 0.6 is 0 Å². The van der Waals surface area contributed by atoms with Gasteiger partial charge in [-0.2, -0.15) is 0 Å². The van der Waals surface area contributed by atoms with Crippen LogP contribution in [0.1, 0.15) is 52.7 Å². The lowest BCUT2D eigenvalue weighted by Gasteiger charge is -2.35. The number of rotatable bonds is 8. The molecule has 3 aromatic carbocycles. The molecule has 40 heavy (non-hydrogen) atoms. The molecule has 2 saturated heterocycles. The molecule has 1 unspecified atom stereocenters. The smallest absolute Gasteiger partial charge is 0.323 e. The monoisotopic (exact) mass is 540 g/mol. The van der Waals surface area contributed by atoms with Crippen molar-refractivity contribution in [1.82, 2.24) is 5.32 Å². The van der Waals surface area contributed by atoms with Gasteiger partial charge in [-0.05, 0) is 86.8 Å². The number of amides is 3. The Morgan fingerprint density at radius 1 is 0.900 bits per heavy atom. The molecular weight excluding hydrogens is 500 g/mol. The van der Waals surface area contributed by atoms with Crippen LogP contribution in [0.25, 0.3) is 0 Å². The summed E-state index contributed by atoms with van der Waals surface area (Å²) in [7, 11) is 0. The SMILES string of the molecule is Cc1cccc(C)c1NC(=O)Nc1ccc(N2CCC(Cc3ccccc3)CC2)c(C(=O)NCC2CCCO2)c1. The Morgan fingerprint density at radius 3 is 2.35 bits per heavy atom. The van der Waals surface area contributed by atoms with Crippen LogP contribution in [0.5, 0.6) is 0 Å². The molecule has 0 radical (unpaired) electrons. The lowest BCUT2D eigenvalue weighted by Crippen LogP contribution is -2.37. The van der Waals surface area contributed by atoms with Gasteiger partial charge < -0.3 is 25.6 Å². The summed E-state index contributed by atoms with van der Waals surface area (Å²) in [6.45, 7) is 6.96. The molecule has 210 valence electrons. The molecule has 3 amide bonds. The van der Waals surface area contributed by atoms with Crippen molar-refractivity contribution in [1.29, 1.82) is 0 Å². The molecule has 1 atom stereocenters. The minimum Gasteiger partial charge on any atom is -0.376 e. The summed E-state index contributed by atoms with van der Waals surface area (Å²) >= 11 is 0. The van der Waals surface area contributed by atoms with Crippen LogP contribution in [0.4, 0.5) is 21.9 Å². The second kappa shape index (κ2) is 13.0. The summed E-state index contributed by atoms with van der Waals surface area (Å²) < 4.78 is 5.71. The lowest BCUT2D eigenvalue weighted by atomic mass is 9.89. The third-order valence-corrected chi connectivity index (χ3v) is 8.06. The molecule has 3 aromatic rings. The number of nitrogens with one attached hydrogen (secondary N) is 3. The number of urea groups is 1. The van der Waals surface area contributed by atoms with E-state index in [1.807, 2.05) is 44.2 Å². The number of anilines is 3. The van der Waals surface area contributed by atoms with Crippen LogP contribution in [-0.4, -0.2) is 44.3 Å². The molecule has 5 rings (SSSR count). The van der Waals surface area contributed by atoms with E-state index < -0.39 is 0 Å². The number of hydrogen-bond donors (Lipinski definition) is 3. The predicted octanol–water partition coefficient (Wildman–Crippen LogP) is 6.32. The van der Waals surface area contributed by atoms with E-state index in [-0.39, 0.29) is 18.0 Å². The number of para-hydroxylation sites is 1. The Bertz CT molecular complexity index is 1290. The van der Waals surface area contributed by atoms with Crippen molar-refractivity contribution in [2.75, 3.05) is 41.8 Å². The van der Waals surface area contributed by atoms with Crippen molar-refractivity contribution in [3.63, 3.8) is 0 Å². The maximum Gasteiger partial charge on any atom is 0.323 e. The van der Waals surface area contributed by atoms with Gasteiger partial charge in [-0.3, -0.25) is 4.79 Å². The number of hydrogen-bond acceptors (Lipinski definition) is 4. The third kappa shape index (κ3) is 7.02. The Labute approximate surface area is 237 Å². The summed E-state index contributed by atoms with van der Waals surface area (Å²) in [6.07, 6.45) is 5.28. The number of benzene rings is 3. The molecule has 3 N–H and O–H groups in total. The Morgan fingerprint density at radius 2 is 1.65 bits per heavy atom. The molecular formula is C33H40N4O3. The summed E-state index contributed by atoms with van der Waals surface area (Å²) in [5.41, 5.74) is 6.22. The zero-order valence-corrected chi connectivity index (χ0v) is 23.5. The van der Waals surface area contributed by atoms with Gasteiger partial charge in [0.1, 0.15) is 0 Å². The highest BCUT2D eigenvalue weighted by atomic mass is 16.5. The van der Waals surface area contributed by atoms with Crippen LogP contribution in [-0.2, 0) is 11.2 Å². The first-order valence-electron chi connectivity index (χ1n) is 14.4. The molecule has 0 aromatic heterocycles. The van der Waals surface area contributed by atoms with Gasteiger partial charge in [0.05, 0.1) is 11.7 Å². The van der Waals surface area contributed by atoms with Gasteiger partial charge in [0, 0.05) is 43.3 Å². The van der Waals surface area contributed by atoms with E-state index in [9.17, 15) is 9.59 Å². The zero-order valence-electron chi connectivity index (χ0n) is 23.5. The highest BCUT2D eigenvalue weighted by Gasteiger charge is 2.25. The fourth-order valence-electron chi connectivity index (χ4n) is 5.79. The van der Waals surface area contributed by atoms with E-state index >= 15 is 0 Å². The molecule has 0 spiro atoms. The first-order chi connectivity index (χ1) is 19.5. The van der Waals surface area contributed by atoms with Crippen molar-refractivity contribution < 1.29 is 14.3 Å². The molecule has 7 heteroatoms. The van der Waals surface area contributed by atoms with Crippen LogP contribution in [0.15, 0.2) is 66.7 Å². The summed E-state index contributed by atoms with van der Waals surface area (Å²) in [4.78, 5) is 28.7. The molecule has 2 fully saturated rings. The van der Waals surface area contributed by atoms with Crippen LogP contribution < -0.4 is 20.9 Å². The van der Waals surface area contributed by atoms with Gasteiger partial charge in [-0.25, -0.2) is 4.79 Å².